The summed E-state index contributed by atoms with van der Waals surface area (Å²) < 4.78 is 0. The molecule has 4 heteroatoms. The molecule has 1 aromatic heterocycles. The van der Waals surface area contributed by atoms with Crippen molar-refractivity contribution in [3.63, 3.8) is 0 Å². The molecule has 0 fully saturated rings. The Morgan fingerprint density at radius 2 is 1.84 bits per heavy atom. The number of amides is 1. The Bertz CT molecular complexity index is 978. The second-order valence-electron chi connectivity index (χ2n) is 6.26. The number of allylic oxidation sites excluding steroid dienone is 1. The minimum Gasteiger partial charge on any atom is -0.370 e. The van der Waals surface area contributed by atoms with Gasteiger partial charge in [0.1, 0.15) is 0 Å². The van der Waals surface area contributed by atoms with Crippen LogP contribution in [0.1, 0.15) is 17.7 Å². The molecule has 0 radical (unpaired) electrons. The maximum Gasteiger partial charge on any atom is 0.219 e. The summed E-state index contributed by atoms with van der Waals surface area (Å²) in [6, 6.07) is 20.6. The van der Waals surface area contributed by atoms with Crippen LogP contribution >= 0.6 is 0 Å². The van der Waals surface area contributed by atoms with Crippen LogP contribution in [0.5, 0.6) is 0 Å². The number of aromatic nitrogens is 1. The molecule has 0 spiro atoms. The highest BCUT2D eigenvalue weighted by Crippen LogP contribution is 2.33. The number of rotatable bonds is 4. The number of pyridine rings is 1. The molecular formula is C21H19N3O. The molecule has 4 nitrogen and oxygen atoms in total. The van der Waals surface area contributed by atoms with Crippen molar-refractivity contribution in [1.29, 1.82) is 0 Å². The Labute approximate surface area is 146 Å². The van der Waals surface area contributed by atoms with Crippen LogP contribution in [0.4, 0.5) is 5.69 Å². The largest absolute Gasteiger partial charge is 0.370 e. The fourth-order valence-corrected chi connectivity index (χ4v) is 3.27. The van der Waals surface area contributed by atoms with E-state index in [4.69, 9.17) is 10.7 Å². The predicted octanol–water partition coefficient (Wildman–Crippen LogP) is 3.51. The van der Waals surface area contributed by atoms with Gasteiger partial charge in [-0.15, -0.1) is 0 Å². The first-order valence-electron chi connectivity index (χ1n) is 8.40. The van der Waals surface area contributed by atoms with Gasteiger partial charge in [-0.25, -0.2) is 4.98 Å². The topological polar surface area (TPSA) is 59.2 Å². The number of carbonyl (C=O) groups is 1. The van der Waals surface area contributed by atoms with E-state index in [1.807, 2.05) is 30.3 Å². The molecule has 0 saturated carbocycles. The van der Waals surface area contributed by atoms with Gasteiger partial charge in [-0.2, -0.15) is 0 Å². The van der Waals surface area contributed by atoms with Crippen LogP contribution in [0.2, 0.25) is 0 Å². The van der Waals surface area contributed by atoms with Crippen LogP contribution in [0.15, 0.2) is 66.9 Å². The third kappa shape index (κ3) is 3.11. The lowest BCUT2D eigenvalue weighted by Crippen LogP contribution is -2.26. The molecule has 0 aliphatic carbocycles. The molecular weight excluding hydrogens is 310 g/mol. The normalized spacial score (nSPS) is 13.4. The van der Waals surface area contributed by atoms with E-state index in [0.29, 0.717) is 13.0 Å². The van der Waals surface area contributed by atoms with Gasteiger partial charge in [0.25, 0.3) is 0 Å². The summed E-state index contributed by atoms with van der Waals surface area (Å²) in [6.07, 6.45) is 3.25. The summed E-state index contributed by atoms with van der Waals surface area (Å²) in [5, 5.41) is 1.13. The third-order valence-electron chi connectivity index (χ3n) is 4.52. The number of para-hydroxylation sites is 2. The van der Waals surface area contributed by atoms with Gasteiger partial charge in [-0.3, -0.25) is 4.79 Å². The Morgan fingerprint density at radius 3 is 2.72 bits per heavy atom. The van der Waals surface area contributed by atoms with E-state index in [-0.39, 0.29) is 5.91 Å². The zero-order valence-corrected chi connectivity index (χ0v) is 13.9. The van der Waals surface area contributed by atoms with E-state index >= 15 is 0 Å². The van der Waals surface area contributed by atoms with Gasteiger partial charge in [-0.1, -0.05) is 42.5 Å². The number of anilines is 1. The summed E-state index contributed by atoms with van der Waals surface area (Å²) in [4.78, 5) is 18.1. The van der Waals surface area contributed by atoms with Gasteiger partial charge in [-0.05, 0) is 29.3 Å². The molecule has 2 heterocycles. The van der Waals surface area contributed by atoms with Crippen LogP contribution in [-0.4, -0.2) is 17.4 Å². The fraction of sp³-hybridized carbons (Fsp3) is 0.143. The number of nitrogens with zero attached hydrogens (tertiary/aromatic N) is 2. The number of benzene rings is 2. The number of hydrogen-bond acceptors (Lipinski definition) is 3. The van der Waals surface area contributed by atoms with Crippen molar-refractivity contribution < 1.29 is 4.79 Å². The van der Waals surface area contributed by atoms with Gasteiger partial charge in [0.2, 0.25) is 5.91 Å². The molecule has 1 aliphatic heterocycles. The van der Waals surface area contributed by atoms with Crippen molar-refractivity contribution >= 4 is 28.1 Å². The molecule has 4 rings (SSSR count). The number of nitrogens with two attached hydrogens (primary N) is 1. The monoisotopic (exact) mass is 329 g/mol. The Morgan fingerprint density at radius 1 is 1.04 bits per heavy atom. The van der Waals surface area contributed by atoms with Crippen LogP contribution in [-0.2, 0) is 11.2 Å². The molecule has 2 N–H and O–H groups in total. The average Bonchev–Trinajstić information content (AvgIpc) is 2.65. The highest BCUT2D eigenvalue weighted by molar-refractivity contribution is 5.83. The van der Waals surface area contributed by atoms with E-state index in [2.05, 4.69) is 41.4 Å². The number of primary amides is 1. The smallest absolute Gasteiger partial charge is 0.219 e. The van der Waals surface area contributed by atoms with Gasteiger partial charge >= 0.3 is 0 Å². The number of fused-ring (bicyclic) bond motifs is 2. The van der Waals surface area contributed by atoms with E-state index in [1.165, 1.54) is 5.56 Å². The average molecular weight is 329 g/mol. The first-order valence-corrected chi connectivity index (χ1v) is 8.40. The lowest BCUT2D eigenvalue weighted by Gasteiger charge is -2.29. The maximum absolute atomic E-state index is 11.2. The van der Waals surface area contributed by atoms with Crippen LogP contribution in [0, 0.1) is 0 Å². The first kappa shape index (κ1) is 15.4. The SMILES string of the molecule is NC(=O)CCN1C=C(c2ccc3ccccc3n2)Cc2ccccc21. The predicted molar refractivity (Wildman–Crippen MR) is 101 cm³/mol. The molecule has 25 heavy (non-hydrogen) atoms. The minimum absolute atomic E-state index is 0.290. The van der Waals surface area contributed by atoms with Crippen LogP contribution in [0.25, 0.3) is 16.5 Å². The molecule has 3 aromatic rings. The molecule has 124 valence electrons. The highest BCUT2D eigenvalue weighted by Gasteiger charge is 2.19. The molecule has 0 bridgehead atoms. The van der Waals surface area contributed by atoms with E-state index in [1.54, 1.807) is 0 Å². The van der Waals surface area contributed by atoms with Gasteiger partial charge in [0, 0.05) is 36.7 Å². The van der Waals surface area contributed by atoms with Gasteiger partial charge < -0.3 is 10.6 Å². The third-order valence-corrected chi connectivity index (χ3v) is 4.52. The summed E-state index contributed by atoms with van der Waals surface area (Å²) in [5.41, 5.74) is 10.8. The second kappa shape index (κ2) is 6.40. The van der Waals surface area contributed by atoms with E-state index in [0.717, 1.165) is 34.3 Å². The zero-order valence-electron chi connectivity index (χ0n) is 13.9. The summed E-state index contributed by atoms with van der Waals surface area (Å²) in [5.74, 6) is -0.290. The zero-order chi connectivity index (χ0) is 17.2. The lowest BCUT2D eigenvalue weighted by atomic mass is 9.96. The Balaban J connectivity index is 1.73. The number of hydrogen-bond donors (Lipinski definition) is 1. The summed E-state index contributed by atoms with van der Waals surface area (Å²) in [7, 11) is 0. The van der Waals surface area contributed by atoms with Crippen molar-refractivity contribution in [3.05, 3.63) is 78.1 Å². The van der Waals surface area contributed by atoms with Gasteiger partial charge in [0.15, 0.2) is 0 Å². The van der Waals surface area contributed by atoms with Gasteiger partial charge in [0.05, 0.1) is 11.2 Å². The highest BCUT2D eigenvalue weighted by atomic mass is 16.1. The van der Waals surface area contributed by atoms with Crippen molar-refractivity contribution in [1.82, 2.24) is 4.98 Å². The van der Waals surface area contributed by atoms with Crippen LogP contribution in [0.3, 0.4) is 0 Å². The summed E-state index contributed by atoms with van der Waals surface area (Å²) in [6.45, 7) is 0.573. The number of carbonyl (C=O) groups excluding carboxylic acids is 1. The molecule has 1 amide bonds. The first-order chi connectivity index (χ1) is 12.2. The van der Waals surface area contributed by atoms with Crippen molar-refractivity contribution in [2.24, 2.45) is 5.73 Å². The van der Waals surface area contributed by atoms with Crippen LogP contribution < -0.4 is 10.6 Å². The molecule has 0 atom stereocenters. The lowest BCUT2D eigenvalue weighted by molar-refractivity contribution is -0.117. The van der Waals surface area contributed by atoms with Crippen molar-refractivity contribution in [2.75, 3.05) is 11.4 Å². The van der Waals surface area contributed by atoms with E-state index in [9.17, 15) is 4.79 Å². The Hall–Kier alpha value is -3.14. The minimum atomic E-state index is -0.290. The summed E-state index contributed by atoms with van der Waals surface area (Å²) >= 11 is 0. The molecule has 0 unspecified atom stereocenters. The molecule has 2 aromatic carbocycles. The van der Waals surface area contributed by atoms with Crippen molar-refractivity contribution in [2.45, 2.75) is 12.8 Å². The second-order valence-corrected chi connectivity index (χ2v) is 6.26. The Kier molecular flexibility index (Phi) is 3.94. The van der Waals surface area contributed by atoms with E-state index < -0.39 is 0 Å². The maximum atomic E-state index is 11.2. The quantitative estimate of drug-likeness (QED) is 0.797. The van der Waals surface area contributed by atoms with Crippen molar-refractivity contribution in [3.8, 4) is 0 Å². The standard InChI is InChI=1S/C21H19N3O/c22-21(25)11-12-24-14-17(13-16-6-2-4-8-20(16)24)19-10-9-15-5-1-3-7-18(15)23-19/h1-10,14H,11-13H2,(H2,22,25). The fourth-order valence-electron chi connectivity index (χ4n) is 3.27. The molecule has 1 aliphatic rings. The molecule has 0 saturated heterocycles.